The van der Waals surface area contributed by atoms with Gasteiger partial charge in [0, 0.05) is 35.9 Å². The molecule has 19 heavy (non-hydrogen) atoms. The molecule has 0 spiro atoms. The topological polar surface area (TPSA) is 71.1 Å². The van der Waals surface area contributed by atoms with Crippen LogP contribution >= 0.6 is 15.9 Å². The van der Waals surface area contributed by atoms with Gasteiger partial charge < -0.3 is 20.6 Å². The van der Waals surface area contributed by atoms with Crippen molar-refractivity contribution in [3.05, 3.63) is 28.2 Å². The number of nitrogens with zero attached hydrogens (tertiary/aromatic N) is 2. The summed E-state index contributed by atoms with van der Waals surface area (Å²) in [5.41, 5.74) is 7.35. The van der Waals surface area contributed by atoms with E-state index in [0.717, 1.165) is 36.2 Å². The summed E-state index contributed by atoms with van der Waals surface area (Å²) in [5.74, 6) is 0.113. The van der Waals surface area contributed by atoms with Crippen molar-refractivity contribution in [1.29, 1.82) is 0 Å². The van der Waals surface area contributed by atoms with Crippen LogP contribution in [0.15, 0.2) is 27.8 Å². The molecule has 0 amide bonds. The number of halogens is 1. The number of benzene rings is 1. The summed E-state index contributed by atoms with van der Waals surface area (Å²) in [6.07, 6.45) is 2.45. The molecule has 0 radical (unpaired) electrons. The minimum absolute atomic E-state index is 0.113. The van der Waals surface area contributed by atoms with Crippen molar-refractivity contribution in [1.82, 2.24) is 0 Å². The highest BCUT2D eigenvalue weighted by molar-refractivity contribution is 9.10. The zero-order valence-electron chi connectivity index (χ0n) is 10.8. The second-order valence-corrected chi connectivity index (χ2v) is 5.58. The van der Waals surface area contributed by atoms with Crippen LogP contribution < -0.4 is 10.6 Å². The summed E-state index contributed by atoms with van der Waals surface area (Å²) >= 11 is 3.45. The molecular formula is C13H18BrN3O2. The van der Waals surface area contributed by atoms with E-state index in [1.54, 1.807) is 0 Å². The Labute approximate surface area is 121 Å². The summed E-state index contributed by atoms with van der Waals surface area (Å²) in [4.78, 5) is 2.08. The average Bonchev–Trinajstić information content (AvgIpc) is 2.90. The minimum Gasteiger partial charge on any atom is -0.409 e. The van der Waals surface area contributed by atoms with Crippen LogP contribution in [0, 0.1) is 0 Å². The highest BCUT2D eigenvalue weighted by atomic mass is 79.9. The van der Waals surface area contributed by atoms with E-state index in [4.69, 9.17) is 15.7 Å². The van der Waals surface area contributed by atoms with E-state index in [1.807, 2.05) is 25.2 Å². The second kappa shape index (κ2) is 6.25. The van der Waals surface area contributed by atoms with Crippen LogP contribution in [-0.2, 0) is 4.74 Å². The number of hydrogen-bond donors (Lipinski definition) is 2. The van der Waals surface area contributed by atoms with E-state index in [0.29, 0.717) is 5.56 Å². The maximum Gasteiger partial charge on any atom is 0.172 e. The lowest BCUT2D eigenvalue weighted by molar-refractivity contribution is 0.116. The molecule has 2 rings (SSSR count). The minimum atomic E-state index is 0.113. The van der Waals surface area contributed by atoms with Crippen molar-refractivity contribution < 1.29 is 9.94 Å². The molecule has 1 aliphatic rings. The molecule has 1 atom stereocenters. The Balaban J connectivity index is 2.23. The summed E-state index contributed by atoms with van der Waals surface area (Å²) < 4.78 is 6.59. The fraction of sp³-hybridized carbons (Fsp3) is 0.462. The number of amidine groups is 1. The molecule has 1 aromatic carbocycles. The van der Waals surface area contributed by atoms with Gasteiger partial charge in [0.15, 0.2) is 5.84 Å². The van der Waals surface area contributed by atoms with Crippen molar-refractivity contribution in [2.75, 3.05) is 25.1 Å². The predicted octanol–water partition coefficient (Wildman–Crippen LogP) is 2.16. The number of oxime groups is 1. The van der Waals surface area contributed by atoms with Gasteiger partial charge in [-0.15, -0.1) is 0 Å². The monoisotopic (exact) mass is 327 g/mol. The molecule has 3 N–H and O–H groups in total. The Hall–Kier alpha value is -1.27. The molecule has 6 heteroatoms. The summed E-state index contributed by atoms with van der Waals surface area (Å²) in [7, 11) is 1.98. The Morgan fingerprint density at radius 2 is 2.42 bits per heavy atom. The molecule has 1 unspecified atom stereocenters. The van der Waals surface area contributed by atoms with Gasteiger partial charge in [0.25, 0.3) is 0 Å². The zero-order chi connectivity index (χ0) is 13.8. The Kier molecular flexibility index (Phi) is 4.66. The molecule has 0 aromatic heterocycles. The Morgan fingerprint density at radius 3 is 3.05 bits per heavy atom. The largest absolute Gasteiger partial charge is 0.409 e. The van der Waals surface area contributed by atoms with Crippen LogP contribution in [0.3, 0.4) is 0 Å². The lowest BCUT2D eigenvalue weighted by Gasteiger charge is -2.25. The lowest BCUT2D eigenvalue weighted by atomic mass is 10.1. The first-order chi connectivity index (χ1) is 9.11. The van der Waals surface area contributed by atoms with Crippen molar-refractivity contribution in [2.45, 2.75) is 18.9 Å². The first kappa shape index (κ1) is 14.1. The molecule has 1 heterocycles. The SMILES string of the molecule is CN(CC1CCCO1)c1cc(Br)ccc1/C(N)=N/O. The Bertz CT molecular complexity index is 473. The first-order valence-electron chi connectivity index (χ1n) is 6.22. The third-order valence-corrected chi connectivity index (χ3v) is 3.75. The van der Waals surface area contributed by atoms with Crippen LogP contribution in [0.2, 0.25) is 0 Å². The van der Waals surface area contributed by atoms with Gasteiger partial charge >= 0.3 is 0 Å². The molecule has 0 bridgehead atoms. The normalized spacial score (nSPS) is 19.7. The molecule has 104 valence electrons. The van der Waals surface area contributed by atoms with Crippen molar-refractivity contribution >= 4 is 27.5 Å². The smallest absolute Gasteiger partial charge is 0.172 e. The van der Waals surface area contributed by atoms with E-state index in [9.17, 15) is 0 Å². The standard InChI is InChI=1S/C13H18BrN3O2/c1-17(8-10-3-2-6-19-10)12-7-9(14)4-5-11(12)13(15)16-18/h4-5,7,10,18H,2-3,6,8H2,1H3,(H2,15,16). The number of ether oxygens (including phenoxy) is 1. The average molecular weight is 328 g/mol. The maximum atomic E-state index is 8.86. The van der Waals surface area contributed by atoms with Gasteiger partial charge in [0.1, 0.15) is 0 Å². The highest BCUT2D eigenvalue weighted by Gasteiger charge is 2.19. The van der Waals surface area contributed by atoms with Crippen LogP contribution in [0.4, 0.5) is 5.69 Å². The van der Waals surface area contributed by atoms with Crippen molar-refractivity contribution in [2.24, 2.45) is 10.9 Å². The van der Waals surface area contributed by atoms with E-state index in [-0.39, 0.29) is 11.9 Å². The molecule has 0 saturated carbocycles. The molecule has 0 aliphatic carbocycles. The first-order valence-corrected chi connectivity index (χ1v) is 7.01. The summed E-state index contributed by atoms with van der Waals surface area (Å²) in [5, 5.41) is 11.9. The van der Waals surface area contributed by atoms with Crippen LogP contribution in [0.1, 0.15) is 18.4 Å². The van der Waals surface area contributed by atoms with Gasteiger partial charge in [-0.25, -0.2) is 0 Å². The van der Waals surface area contributed by atoms with Gasteiger partial charge in [0.05, 0.1) is 6.10 Å². The highest BCUT2D eigenvalue weighted by Crippen LogP contribution is 2.26. The molecule has 1 saturated heterocycles. The predicted molar refractivity (Wildman–Crippen MR) is 78.9 cm³/mol. The maximum absolute atomic E-state index is 8.86. The number of nitrogens with two attached hydrogens (primary N) is 1. The fourth-order valence-electron chi connectivity index (χ4n) is 2.28. The second-order valence-electron chi connectivity index (χ2n) is 4.66. The van der Waals surface area contributed by atoms with Crippen LogP contribution in [-0.4, -0.2) is 37.3 Å². The third-order valence-electron chi connectivity index (χ3n) is 3.26. The van der Waals surface area contributed by atoms with Gasteiger partial charge in [-0.3, -0.25) is 0 Å². The number of hydrogen-bond acceptors (Lipinski definition) is 4. The molecule has 1 aliphatic heterocycles. The van der Waals surface area contributed by atoms with E-state index < -0.39 is 0 Å². The van der Waals surface area contributed by atoms with Gasteiger partial charge in [-0.05, 0) is 31.0 Å². The Morgan fingerprint density at radius 1 is 1.63 bits per heavy atom. The lowest BCUT2D eigenvalue weighted by Crippen LogP contribution is -2.30. The number of rotatable bonds is 4. The molecule has 1 fully saturated rings. The van der Waals surface area contributed by atoms with Gasteiger partial charge in [-0.2, -0.15) is 0 Å². The van der Waals surface area contributed by atoms with Gasteiger partial charge in [-0.1, -0.05) is 21.1 Å². The third kappa shape index (κ3) is 3.39. The van der Waals surface area contributed by atoms with E-state index in [1.165, 1.54) is 0 Å². The molecular weight excluding hydrogens is 310 g/mol. The number of anilines is 1. The fourth-order valence-corrected chi connectivity index (χ4v) is 2.63. The van der Waals surface area contributed by atoms with Crippen LogP contribution in [0.25, 0.3) is 0 Å². The molecule has 1 aromatic rings. The van der Waals surface area contributed by atoms with Gasteiger partial charge in [0.2, 0.25) is 0 Å². The van der Waals surface area contributed by atoms with Crippen molar-refractivity contribution in [3.63, 3.8) is 0 Å². The van der Waals surface area contributed by atoms with Crippen molar-refractivity contribution in [3.8, 4) is 0 Å². The molecule has 5 nitrogen and oxygen atoms in total. The zero-order valence-corrected chi connectivity index (χ0v) is 12.4. The quantitative estimate of drug-likeness (QED) is 0.385. The van der Waals surface area contributed by atoms with E-state index in [2.05, 4.69) is 26.0 Å². The van der Waals surface area contributed by atoms with Crippen LogP contribution in [0.5, 0.6) is 0 Å². The number of likely N-dealkylation sites (N-methyl/N-ethyl adjacent to an activating group) is 1. The summed E-state index contributed by atoms with van der Waals surface area (Å²) in [6.45, 7) is 1.63. The van der Waals surface area contributed by atoms with E-state index >= 15 is 0 Å². The summed E-state index contributed by atoms with van der Waals surface area (Å²) in [6, 6.07) is 5.67.